The van der Waals surface area contributed by atoms with Gasteiger partial charge in [0.2, 0.25) is 0 Å². The molecule has 2 heteroatoms. The zero-order valence-corrected chi connectivity index (χ0v) is 19.5. The van der Waals surface area contributed by atoms with E-state index in [2.05, 4.69) is 30.8 Å². The van der Waals surface area contributed by atoms with Crippen LogP contribution < -0.4 is 11.5 Å². The van der Waals surface area contributed by atoms with Gasteiger partial charge in [0.15, 0.2) is 0 Å². The summed E-state index contributed by atoms with van der Waals surface area (Å²) < 4.78 is 0. The molecule has 0 bridgehead atoms. The monoisotopic (exact) mass is 426 g/mol. The highest BCUT2D eigenvalue weighted by atomic mass is 14.6. The fraction of sp³-hybridized carbons (Fsp3) is 0.533. The van der Waals surface area contributed by atoms with E-state index in [0.717, 1.165) is 29.1 Å². The summed E-state index contributed by atoms with van der Waals surface area (Å²) >= 11 is 0. The predicted octanol–water partition coefficient (Wildman–Crippen LogP) is 6.53. The van der Waals surface area contributed by atoms with Gasteiger partial charge < -0.3 is 11.5 Å². The van der Waals surface area contributed by atoms with Crippen LogP contribution in [0, 0.1) is 23.7 Å². The van der Waals surface area contributed by atoms with Crippen LogP contribution in [0.3, 0.4) is 0 Å². The Morgan fingerprint density at radius 3 is 2.41 bits per heavy atom. The molecule has 0 saturated heterocycles. The van der Waals surface area contributed by atoms with Crippen molar-refractivity contribution < 1.29 is 0 Å². The second-order valence-electron chi connectivity index (χ2n) is 11.3. The van der Waals surface area contributed by atoms with E-state index in [1.165, 1.54) is 116 Å². The van der Waals surface area contributed by atoms with E-state index in [-0.39, 0.29) is 0 Å². The first-order valence-electron chi connectivity index (χ1n) is 13.1. The minimum absolute atomic E-state index is 0.645. The molecule has 2 saturated carbocycles. The zero-order chi connectivity index (χ0) is 21.8. The van der Waals surface area contributed by atoms with E-state index < -0.39 is 0 Å². The normalized spacial score (nSPS) is 26.7. The van der Waals surface area contributed by atoms with Gasteiger partial charge in [-0.25, -0.2) is 0 Å². The van der Waals surface area contributed by atoms with Gasteiger partial charge in [0, 0.05) is 16.9 Å². The first-order valence-corrected chi connectivity index (χ1v) is 13.1. The van der Waals surface area contributed by atoms with Gasteiger partial charge in [-0.05, 0) is 121 Å². The Morgan fingerprint density at radius 1 is 0.812 bits per heavy atom. The van der Waals surface area contributed by atoms with Crippen molar-refractivity contribution in [2.45, 2.75) is 77.0 Å². The number of anilines is 2. The van der Waals surface area contributed by atoms with Crippen molar-refractivity contribution in [2.24, 2.45) is 23.7 Å². The summed E-state index contributed by atoms with van der Waals surface area (Å²) in [5, 5.41) is 0. The summed E-state index contributed by atoms with van der Waals surface area (Å²) in [5.74, 6) is 3.08. The molecular weight excluding hydrogens is 388 g/mol. The van der Waals surface area contributed by atoms with Crippen LogP contribution in [0.2, 0.25) is 0 Å². The van der Waals surface area contributed by atoms with Gasteiger partial charge in [-0.15, -0.1) is 0 Å². The molecule has 2 fully saturated rings. The van der Waals surface area contributed by atoms with Gasteiger partial charge in [0.25, 0.3) is 0 Å². The van der Waals surface area contributed by atoms with Gasteiger partial charge in [0.1, 0.15) is 0 Å². The van der Waals surface area contributed by atoms with Crippen molar-refractivity contribution in [3.63, 3.8) is 0 Å². The fourth-order valence-electron chi connectivity index (χ4n) is 7.44. The van der Waals surface area contributed by atoms with Crippen LogP contribution in [0.15, 0.2) is 30.8 Å². The molecule has 4 aliphatic carbocycles. The van der Waals surface area contributed by atoms with E-state index >= 15 is 0 Å². The molecule has 0 heterocycles. The van der Waals surface area contributed by atoms with Crippen molar-refractivity contribution in [1.29, 1.82) is 0 Å². The van der Waals surface area contributed by atoms with E-state index in [9.17, 15) is 0 Å². The largest absolute Gasteiger partial charge is 0.398 e. The minimum Gasteiger partial charge on any atom is -0.398 e. The number of hydrogen-bond donors (Lipinski definition) is 2. The van der Waals surface area contributed by atoms with Crippen LogP contribution in [-0.4, -0.2) is 0 Å². The van der Waals surface area contributed by atoms with Crippen LogP contribution in [0.5, 0.6) is 0 Å². The number of rotatable bonds is 5. The molecule has 1 unspecified atom stereocenters. The third-order valence-corrected chi connectivity index (χ3v) is 9.46. The molecule has 2 aromatic carbocycles. The van der Waals surface area contributed by atoms with E-state index in [0.29, 0.717) is 5.92 Å². The predicted molar refractivity (Wildman–Crippen MR) is 136 cm³/mol. The summed E-state index contributed by atoms with van der Waals surface area (Å²) in [7, 11) is 0. The van der Waals surface area contributed by atoms with Crippen molar-refractivity contribution in [1.82, 2.24) is 0 Å². The Bertz CT molecular complexity index is 1050. The highest BCUT2D eigenvalue weighted by Crippen LogP contribution is 2.48. The molecular formula is C30H38N2. The summed E-state index contributed by atoms with van der Waals surface area (Å²) in [4.78, 5) is 0. The maximum Gasteiger partial charge on any atom is 0.0425 e. The van der Waals surface area contributed by atoms with E-state index in [4.69, 9.17) is 11.5 Å². The lowest BCUT2D eigenvalue weighted by Gasteiger charge is -2.39. The first-order chi connectivity index (χ1) is 15.6. The Labute approximate surface area is 193 Å². The SMILES string of the molecule is C=C(c1ccc2c(c1N)CC(C1CC(Cc3ccc4c(c3N)CCC4)C1)C2)C1CCCC1. The molecule has 2 aromatic rings. The number of aryl methyl sites for hydroxylation is 1. The lowest BCUT2D eigenvalue weighted by molar-refractivity contribution is 0.128. The van der Waals surface area contributed by atoms with E-state index in [1.807, 2.05) is 0 Å². The third-order valence-electron chi connectivity index (χ3n) is 9.46. The molecule has 6 rings (SSSR count). The zero-order valence-electron chi connectivity index (χ0n) is 19.5. The number of nitrogens with two attached hydrogens (primary N) is 2. The van der Waals surface area contributed by atoms with Gasteiger partial charge >= 0.3 is 0 Å². The number of hydrogen-bond acceptors (Lipinski definition) is 2. The standard InChI is InChI=1S/C30H38N2/c1-18(20-5-2-3-6-20)26-12-11-22-16-25(17-28(22)30(26)32)24-14-19(15-24)13-23-10-9-21-7-4-8-27(21)29(23)31/h9-12,19-20,24-25H,1-8,13-17,31-32H2. The van der Waals surface area contributed by atoms with Crippen LogP contribution in [0.4, 0.5) is 11.4 Å². The number of benzene rings is 2. The molecule has 0 aromatic heterocycles. The quantitative estimate of drug-likeness (QED) is 0.534. The molecule has 2 nitrogen and oxygen atoms in total. The maximum atomic E-state index is 6.74. The molecule has 32 heavy (non-hydrogen) atoms. The molecule has 0 radical (unpaired) electrons. The van der Waals surface area contributed by atoms with Crippen molar-refractivity contribution in [3.8, 4) is 0 Å². The molecule has 4 aliphatic rings. The molecule has 0 aliphatic heterocycles. The minimum atomic E-state index is 0.645. The fourth-order valence-corrected chi connectivity index (χ4v) is 7.44. The number of fused-ring (bicyclic) bond motifs is 2. The van der Waals surface area contributed by atoms with Crippen molar-refractivity contribution in [3.05, 3.63) is 64.2 Å². The van der Waals surface area contributed by atoms with Gasteiger partial charge in [-0.1, -0.05) is 43.7 Å². The summed E-state index contributed by atoms with van der Waals surface area (Å²) in [6.07, 6.45) is 15.2. The van der Waals surface area contributed by atoms with Gasteiger partial charge in [0.05, 0.1) is 0 Å². The lowest BCUT2D eigenvalue weighted by Crippen LogP contribution is -2.32. The smallest absolute Gasteiger partial charge is 0.0425 e. The topological polar surface area (TPSA) is 52.0 Å². The van der Waals surface area contributed by atoms with Crippen LogP contribution in [0.25, 0.3) is 5.57 Å². The number of nitrogen functional groups attached to an aromatic ring is 2. The van der Waals surface area contributed by atoms with Crippen LogP contribution in [0.1, 0.15) is 78.3 Å². The van der Waals surface area contributed by atoms with Crippen LogP contribution in [-0.2, 0) is 32.1 Å². The molecule has 1 atom stereocenters. The third kappa shape index (κ3) is 3.38. The van der Waals surface area contributed by atoms with E-state index in [1.54, 1.807) is 0 Å². The molecule has 0 spiro atoms. The second kappa shape index (κ2) is 7.97. The van der Waals surface area contributed by atoms with Crippen molar-refractivity contribution >= 4 is 16.9 Å². The second-order valence-corrected chi connectivity index (χ2v) is 11.3. The highest BCUT2D eigenvalue weighted by Gasteiger charge is 2.39. The molecule has 168 valence electrons. The summed E-state index contributed by atoms with van der Waals surface area (Å²) in [6.45, 7) is 4.46. The average molecular weight is 427 g/mol. The first kappa shape index (κ1) is 20.4. The van der Waals surface area contributed by atoms with Crippen LogP contribution >= 0.6 is 0 Å². The average Bonchev–Trinajstić information content (AvgIpc) is 3.51. The Hall–Kier alpha value is -2.22. The maximum absolute atomic E-state index is 6.74. The molecule has 0 amide bonds. The van der Waals surface area contributed by atoms with Gasteiger partial charge in [-0.2, -0.15) is 0 Å². The lowest BCUT2D eigenvalue weighted by atomic mass is 9.66. The Morgan fingerprint density at radius 2 is 1.59 bits per heavy atom. The highest BCUT2D eigenvalue weighted by molar-refractivity contribution is 5.78. The Kier molecular flexibility index (Phi) is 5.08. The number of allylic oxidation sites excluding steroid dienone is 1. The molecule has 4 N–H and O–H groups in total. The Balaban J connectivity index is 1.09. The van der Waals surface area contributed by atoms with Gasteiger partial charge in [-0.3, -0.25) is 0 Å². The summed E-state index contributed by atoms with van der Waals surface area (Å²) in [6, 6.07) is 9.30. The summed E-state index contributed by atoms with van der Waals surface area (Å²) in [5.41, 5.74) is 25.3. The van der Waals surface area contributed by atoms with Crippen molar-refractivity contribution in [2.75, 3.05) is 11.5 Å².